The minimum absolute atomic E-state index is 0.153. The minimum Gasteiger partial charge on any atom is -0.497 e. The smallest absolute Gasteiger partial charge is 0.224 e. The molecule has 0 unspecified atom stereocenters. The second kappa shape index (κ2) is 5.99. The summed E-state index contributed by atoms with van der Waals surface area (Å²) in [4.78, 5) is 8.96. The second-order valence-electron chi connectivity index (χ2n) is 5.70. The van der Waals surface area contributed by atoms with E-state index in [1.54, 1.807) is 13.2 Å². The van der Waals surface area contributed by atoms with Crippen molar-refractivity contribution < 1.29 is 9.47 Å². The van der Waals surface area contributed by atoms with Crippen molar-refractivity contribution in [1.82, 2.24) is 9.97 Å². The molecule has 0 aliphatic rings. The Labute approximate surface area is 125 Å². The van der Waals surface area contributed by atoms with E-state index in [0.717, 1.165) is 17.4 Å². The number of anilines is 1. The third-order valence-electron chi connectivity index (χ3n) is 2.89. The van der Waals surface area contributed by atoms with Crippen LogP contribution in [0.1, 0.15) is 26.6 Å². The Morgan fingerprint density at radius 1 is 1.05 bits per heavy atom. The molecular formula is C16H21N3O2. The van der Waals surface area contributed by atoms with E-state index in [-0.39, 0.29) is 5.41 Å². The summed E-state index contributed by atoms with van der Waals surface area (Å²) >= 11 is 0. The average Bonchev–Trinajstić information content (AvgIpc) is 2.46. The lowest BCUT2D eigenvalue weighted by Crippen LogP contribution is -2.17. The number of benzene rings is 1. The summed E-state index contributed by atoms with van der Waals surface area (Å²) in [6, 6.07) is 9.19. The maximum atomic E-state index is 5.83. The fraction of sp³-hybridized carbons (Fsp3) is 0.375. The molecule has 2 aromatic rings. The van der Waals surface area contributed by atoms with Crippen molar-refractivity contribution in [1.29, 1.82) is 0 Å². The summed E-state index contributed by atoms with van der Waals surface area (Å²) in [5, 5.41) is 3.03. The fourth-order valence-electron chi connectivity index (χ4n) is 1.73. The zero-order chi connectivity index (χ0) is 15.5. The van der Waals surface area contributed by atoms with Gasteiger partial charge in [-0.3, -0.25) is 0 Å². The van der Waals surface area contributed by atoms with Gasteiger partial charge in [-0.2, -0.15) is 4.98 Å². The van der Waals surface area contributed by atoms with Crippen LogP contribution < -0.4 is 14.8 Å². The SMILES string of the molecule is CNc1cc(Oc2cccc(OC)c2)nc(C(C)(C)C)n1. The fourth-order valence-corrected chi connectivity index (χ4v) is 1.73. The number of ether oxygens (including phenoxy) is 2. The molecule has 2 rings (SSSR count). The largest absolute Gasteiger partial charge is 0.497 e. The van der Waals surface area contributed by atoms with Crippen LogP contribution in [0.4, 0.5) is 5.82 Å². The van der Waals surface area contributed by atoms with Crippen molar-refractivity contribution in [2.75, 3.05) is 19.5 Å². The number of methoxy groups -OCH3 is 1. The zero-order valence-corrected chi connectivity index (χ0v) is 13.1. The monoisotopic (exact) mass is 287 g/mol. The van der Waals surface area contributed by atoms with Crippen molar-refractivity contribution in [3.63, 3.8) is 0 Å². The molecule has 1 aromatic carbocycles. The van der Waals surface area contributed by atoms with Gasteiger partial charge in [-0.05, 0) is 12.1 Å². The molecule has 1 aromatic heterocycles. The Hall–Kier alpha value is -2.30. The highest BCUT2D eigenvalue weighted by Crippen LogP contribution is 2.27. The van der Waals surface area contributed by atoms with Crippen LogP contribution in [-0.2, 0) is 5.41 Å². The van der Waals surface area contributed by atoms with Crippen molar-refractivity contribution in [3.8, 4) is 17.4 Å². The average molecular weight is 287 g/mol. The van der Waals surface area contributed by atoms with Gasteiger partial charge in [0, 0.05) is 24.6 Å². The maximum Gasteiger partial charge on any atom is 0.224 e. The molecule has 0 fully saturated rings. The molecule has 0 saturated heterocycles. The molecule has 0 saturated carbocycles. The topological polar surface area (TPSA) is 56.3 Å². The van der Waals surface area contributed by atoms with Crippen LogP contribution in [-0.4, -0.2) is 24.1 Å². The number of nitrogens with one attached hydrogen (secondary N) is 1. The van der Waals surface area contributed by atoms with Crippen LogP contribution in [0.25, 0.3) is 0 Å². The van der Waals surface area contributed by atoms with Crippen LogP contribution in [0, 0.1) is 0 Å². The molecule has 0 atom stereocenters. The molecule has 1 heterocycles. The van der Waals surface area contributed by atoms with E-state index < -0.39 is 0 Å². The number of aromatic nitrogens is 2. The molecule has 0 aliphatic heterocycles. The highest BCUT2D eigenvalue weighted by atomic mass is 16.5. The van der Waals surface area contributed by atoms with Crippen molar-refractivity contribution in [2.24, 2.45) is 0 Å². The Morgan fingerprint density at radius 3 is 2.38 bits per heavy atom. The van der Waals surface area contributed by atoms with Crippen LogP contribution in [0.5, 0.6) is 17.4 Å². The van der Waals surface area contributed by atoms with E-state index in [1.807, 2.05) is 31.3 Å². The molecule has 0 amide bonds. The van der Waals surface area contributed by atoms with Gasteiger partial charge in [0.2, 0.25) is 5.88 Å². The maximum absolute atomic E-state index is 5.83. The minimum atomic E-state index is -0.153. The third-order valence-corrected chi connectivity index (χ3v) is 2.89. The van der Waals surface area contributed by atoms with Gasteiger partial charge in [0.1, 0.15) is 23.1 Å². The Morgan fingerprint density at radius 2 is 1.76 bits per heavy atom. The molecule has 5 nitrogen and oxygen atoms in total. The van der Waals surface area contributed by atoms with Gasteiger partial charge in [0.25, 0.3) is 0 Å². The standard InChI is InChI=1S/C16H21N3O2/c1-16(2,3)15-18-13(17-4)10-14(19-15)21-12-8-6-7-11(9-12)20-5/h6-10H,1-5H3,(H,17,18,19). The van der Waals surface area contributed by atoms with E-state index in [2.05, 4.69) is 36.1 Å². The first-order valence-corrected chi connectivity index (χ1v) is 6.81. The Balaban J connectivity index is 2.34. The molecule has 112 valence electrons. The predicted molar refractivity (Wildman–Crippen MR) is 83.3 cm³/mol. The van der Waals surface area contributed by atoms with Gasteiger partial charge in [0.15, 0.2) is 0 Å². The lowest BCUT2D eigenvalue weighted by Gasteiger charge is -2.18. The highest BCUT2D eigenvalue weighted by molar-refractivity contribution is 5.41. The summed E-state index contributed by atoms with van der Waals surface area (Å²) in [6.45, 7) is 6.20. The zero-order valence-electron chi connectivity index (χ0n) is 13.1. The lowest BCUT2D eigenvalue weighted by molar-refractivity contribution is 0.406. The highest BCUT2D eigenvalue weighted by Gasteiger charge is 2.19. The Kier molecular flexibility index (Phi) is 4.31. The summed E-state index contributed by atoms with van der Waals surface area (Å²) in [7, 11) is 3.45. The van der Waals surface area contributed by atoms with Crippen LogP contribution in [0.15, 0.2) is 30.3 Å². The quantitative estimate of drug-likeness (QED) is 0.930. The summed E-state index contributed by atoms with van der Waals surface area (Å²) in [6.07, 6.45) is 0. The molecule has 21 heavy (non-hydrogen) atoms. The van der Waals surface area contributed by atoms with Gasteiger partial charge in [-0.25, -0.2) is 4.98 Å². The first kappa shape index (κ1) is 15.1. The molecule has 0 spiro atoms. The number of nitrogens with zero attached hydrogens (tertiary/aromatic N) is 2. The van der Waals surface area contributed by atoms with Gasteiger partial charge in [-0.15, -0.1) is 0 Å². The number of rotatable bonds is 4. The predicted octanol–water partition coefficient (Wildman–Crippen LogP) is 3.62. The van der Waals surface area contributed by atoms with E-state index in [0.29, 0.717) is 11.6 Å². The van der Waals surface area contributed by atoms with Crippen LogP contribution in [0.3, 0.4) is 0 Å². The first-order chi connectivity index (χ1) is 9.92. The summed E-state index contributed by atoms with van der Waals surface area (Å²) in [5.41, 5.74) is -0.153. The van der Waals surface area contributed by atoms with Crippen LogP contribution >= 0.6 is 0 Å². The normalized spacial score (nSPS) is 11.1. The van der Waals surface area contributed by atoms with Crippen molar-refractivity contribution in [2.45, 2.75) is 26.2 Å². The van der Waals surface area contributed by atoms with Crippen molar-refractivity contribution in [3.05, 3.63) is 36.2 Å². The first-order valence-electron chi connectivity index (χ1n) is 6.81. The van der Waals surface area contributed by atoms with E-state index in [4.69, 9.17) is 9.47 Å². The van der Waals surface area contributed by atoms with Crippen molar-refractivity contribution >= 4 is 5.82 Å². The molecule has 0 aliphatic carbocycles. The Bertz CT molecular complexity index is 621. The molecular weight excluding hydrogens is 266 g/mol. The van der Waals surface area contributed by atoms with Gasteiger partial charge >= 0.3 is 0 Å². The van der Waals surface area contributed by atoms with Gasteiger partial charge in [0.05, 0.1) is 7.11 Å². The van der Waals surface area contributed by atoms with Crippen LogP contribution in [0.2, 0.25) is 0 Å². The summed E-state index contributed by atoms with van der Waals surface area (Å²) < 4.78 is 11.0. The van der Waals surface area contributed by atoms with E-state index >= 15 is 0 Å². The van der Waals surface area contributed by atoms with Gasteiger partial charge in [-0.1, -0.05) is 26.8 Å². The molecule has 1 N–H and O–H groups in total. The second-order valence-corrected chi connectivity index (χ2v) is 5.70. The number of hydrogen-bond donors (Lipinski definition) is 1. The van der Waals surface area contributed by atoms with E-state index in [1.165, 1.54) is 0 Å². The lowest BCUT2D eigenvalue weighted by atomic mass is 9.96. The molecule has 0 bridgehead atoms. The summed E-state index contributed by atoms with van der Waals surface area (Å²) in [5.74, 6) is 3.38. The third kappa shape index (κ3) is 3.84. The number of hydrogen-bond acceptors (Lipinski definition) is 5. The van der Waals surface area contributed by atoms with E-state index in [9.17, 15) is 0 Å². The molecule has 5 heteroatoms. The van der Waals surface area contributed by atoms with Gasteiger partial charge < -0.3 is 14.8 Å². The molecule has 0 radical (unpaired) electrons.